The largest absolute Gasteiger partial charge is 0.507 e. The molecule has 1 aliphatic heterocycles. The molecule has 1 atom stereocenters. The molecule has 0 radical (unpaired) electrons. The molecule has 2 aromatic carbocycles. The van der Waals surface area contributed by atoms with Crippen LogP contribution in [0.15, 0.2) is 60.2 Å². The molecule has 5 nitrogen and oxygen atoms in total. The molecule has 1 heterocycles. The number of carbonyl (C=O) groups is 2. The van der Waals surface area contributed by atoms with Gasteiger partial charge in [0.15, 0.2) is 0 Å². The number of ketones is 1. The van der Waals surface area contributed by atoms with Gasteiger partial charge in [-0.15, -0.1) is 0 Å². The molecule has 6 heteroatoms. The van der Waals surface area contributed by atoms with Crippen LogP contribution in [0.1, 0.15) is 31.0 Å². The highest BCUT2D eigenvalue weighted by Gasteiger charge is 2.46. The van der Waals surface area contributed by atoms with Crippen LogP contribution in [-0.2, 0) is 9.59 Å². The van der Waals surface area contributed by atoms with Gasteiger partial charge in [-0.05, 0) is 31.5 Å². The van der Waals surface area contributed by atoms with E-state index < -0.39 is 17.7 Å². The standard InChI is InChI=1S/C23H25ClN2O3/c1-3-25(4-2)14-15-26-20(16-10-12-18(24)13-11-16)19(22(28)23(26)29)21(27)17-8-6-5-7-9-17/h5-13,20,27H,3-4,14-15H2,1-2H3/p+1/t20-/m1/s1. The van der Waals surface area contributed by atoms with Gasteiger partial charge in [-0.25, -0.2) is 0 Å². The number of aliphatic hydroxyl groups is 1. The molecular weight excluding hydrogens is 388 g/mol. The van der Waals surface area contributed by atoms with E-state index in [1.807, 2.05) is 6.07 Å². The number of nitrogens with one attached hydrogen (secondary N) is 1. The number of amides is 1. The summed E-state index contributed by atoms with van der Waals surface area (Å²) in [6.45, 7) is 7.24. The number of aliphatic hydroxyl groups excluding tert-OH is 1. The van der Waals surface area contributed by atoms with Gasteiger partial charge in [0.1, 0.15) is 5.76 Å². The third kappa shape index (κ3) is 4.36. The Morgan fingerprint density at radius 2 is 1.66 bits per heavy atom. The molecule has 0 aliphatic carbocycles. The number of likely N-dealkylation sites (N-methyl/N-ethyl adjacent to an activating group) is 1. The summed E-state index contributed by atoms with van der Waals surface area (Å²) in [4.78, 5) is 28.7. The van der Waals surface area contributed by atoms with Crippen molar-refractivity contribution in [2.45, 2.75) is 19.9 Å². The minimum absolute atomic E-state index is 0.123. The van der Waals surface area contributed by atoms with Crippen molar-refractivity contribution in [3.63, 3.8) is 0 Å². The zero-order chi connectivity index (χ0) is 21.0. The first-order chi connectivity index (χ1) is 14.0. The summed E-state index contributed by atoms with van der Waals surface area (Å²) in [5, 5.41) is 11.5. The molecule has 0 unspecified atom stereocenters. The fraction of sp³-hybridized carbons (Fsp3) is 0.304. The van der Waals surface area contributed by atoms with Crippen LogP contribution in [0.4, 0.5) is 0 Å². The highest BCUT2D eigenvalue weighted by Crippen LogP contribution is 2.39. The maximum Gasteiger partial charge on any atom is 0.295 e. The second kappa shape index (κ2) is 9.25. The zero-order valence-corrected chi connectivity index (χ0v) is 17.4. The van der Waals surface area contributed by atoms with Gasteiger partial charge in [-0.1, -0.05) is 54.1 Å². The van der Waals surface area contributed by atoms with Crippen molar-refractivity contribution in [3.05, 3.63) is 76.3 Å². The van der Waals surface area contributed by atoms with Gasteiger partial charge >= 0.3 is 0 Å². The van der Waals surface area contributed by atoms with Gasteiger partial charge in [0, 0.05) is 10.6 Å². The van der Waals surface area contributed by atoms with E-state index in [4.69, 9.17) is 11.6 Å². The molecule has 0 spiro atoms. The number of carbonyl (C=O) groups excluding carboxylic acids is 2. The van der Waals surface area contributed by atoms with Gasteiger partial charge in [0.25, 0.3) is 11.7 Å². The molecule has 0 bridgehead atoms. The fourth-order valence-electron chi connectivity index (χ4n) is 3.74. The average Bonchev–Trinajstić information content (AvgIpc) is 3.00. The van der Waals surface area contributed by atoms with Crippen LogP contribution in [0.5, 0.6) is 0 Å². The SMILES string of the molecule is CC[NH+](CC)CCN1C(=O)C(=O)C(=C(O)c2ccccc2)[C@H]1c1ccc(Cl)cc1. The van der Waals surface area contributed by atoms with Crippen LogP contribution in [-0.4, -0.2) is 47.9 Å². The van der Waals surface area contributed by atoms with Crippen LogP contribution in [0.2, 0.25) is 5.02 Å². The lowest BCUT2D eigenvalue weighted by molar-refractivity contribution is -0.895. The molecule has 3 rings (SSSR count). The second-order valence-corrected chi connectivity index (χ2v) is 7.55. The monoisotopic (exact) mass is 413 g/mol. The third-order valence-electron chi connectivity index (χ3n) is 5.48. The molecular formula is C23H26ClN2O3+. The van der Waals surface area contributed by atoms with Crippen molar-refractivity contribution < 1.29 is 19.6 Å². The lowest BCUT2D eigenvalue weighted by Crippen LogP contribution is -3.12. The summed E-state index contributed by atoms with van der Waals surface area (Å²) in [6, 6.07) is 15.3. The van der Waals surface area contributed by atoms with E-state index >= 15 is 0 Å². The van der Waals surface area contributed by atoms with Crippen molar-refractivity contribution in [2.24, 2.45) is 0 Å². The van der Waals surface area contributed by atoms with E-state index in [9.17, 15) is 14.7 Å². The van der Waals surface area contributed by atoms with E-state index in [-0.39, 0.29) is 11.3 Å². The average molecular weight is 414 g/mol. The van der Waals surface area contributed by atoms with E-state index in [1.54, 1.807) is 53.4 Å². The Bertz CT molecular complexity index is 905. The van der Waals surface area contributed by atoms with Crippen LogP contribution >= 0.6 is 11.6 Å². The van der Waals surface area contributed by atoms with E-state index in [1.165, 1.54) is 4.90 Å². The minimum atomic E-state index is -0.652. The zero-order valence-electron chi connectivity index (χ0n) is 16.7. The topological polar surface area (TPSA) is 62.0 Å². The van der Waals surface area contributed by atoms with Crippen molar-refractivity contribution >= 4 is 29.1 Å². The predicted octanol–water partition coefficient (Wildman–Crippen LogP) is 2.69. The molecule has 0 aromatic heterocycles. The fourth-order valence-corrected chi connectivity index (χ4v) is 3.86. The first-order valence-corrected chi connectivity index (χ1v) is 10.3. The Morgan fingerprint density at radius 3 is 2.24 bits per heavy atom. The van der Waals surface area contributed by atoms with Crippen LogP contribution in [0.3, 0.4) is 0 Å². The Kier molecular flexibility index (Phi) is 6.72. The van der Waals surface area contributed by atoms with Crippen molar-refractivity contribution in [2.75, 3.05) is 26.2 Å². The Morgan fingerprint density at radius 1 is 1.03 bits per heavy atom. The van der Waals surface area contributed by atoms with Crippen molar-refractivity contribution in [1.29, 1.82) is 0 Å². The molecule has 1 saturated heterocycles. The highest BCUT2D eigenvalue weighted by molar-refractivity contribution is 6.46. The minimum Gasteiger partial charge on any atom is -0.507 e. The van der Waals surface area contributed by atoms with E-state index in [0.29, 0.717) is 17.1 Å². The number of quaternary nitrogens is 1. The Hall–Kier alpha value is -2.63. The molecule has 2 N–H and O–H groups in total. The molecule has 1 fully saturated rings. The summed E-state index contributed by atoms with van der Waals surface area (Å²) >= 11 is 6.04. The lowest BCUT2D eigenvalue weighted by Gasteiger charge is -2.27. The normalized spacial score (nSPS) is 18.6. The van der Waals surface area contributed by atoms with Crippen LogP contribution in [0.25, 0.3) is 5.76 Å². The summed E-state index contributed by atoms with van der Waals surface area (Å²) < 4.78 is 0. The van der Waals surface area contributed by atoms with Crippen molar-refractivity contribution in [1.82, 2.24) is 4.90 Å². The number of likely N-dealkylation sites (tertiary alicyclic amines) is 1. The van der Waals surface area contributed by atoms with E-state index in [2.05, 4.69) is 13.8 Å². The maximum atomic E-state index is 12.9. The highest BCUT2D eigenvalue weighted by atomic mass is 35.5. The van der Waals surface area contributed by atoms with Gasteiger partial charge in [-0.3, -0.25) is 9.59 Å². The number of halogens is 1. The summed E-state index contributed by atoms with van der Waals surface area (Å²) in [6.07, 6.45) is 0. The Labute approximate surface area is 176 Å². The Balaban J connectivity index is 2.07. The maximum absolute atomic E-state index is 12.9. The quantitative estimate of drug-likeness (QED) is 0.417. The molecule has 2 aromatic rings. The smallest absolute Gasteiger partial charge is 0.295 e. The molecule has 1 aliphatic rings. The molecule has 1 amide bonds. The number of hydrogen-bond donors (Lipinski definition) is 2. The first kappa shape index (κ1) is 21.1. The third-order valence-corrected chi connectivity index (χ3v) is 5.73. The van der Waals surface area contributed by atoms with Gasteiger partial charge < -0.3 is 14.9 Å². The predicted molar refractivity (Wildman–Crippen MR) is 114 cm³/mol. The van der Waals surface area contributed by atoms with Crippen LogP contribution in [0, 0.1) is 0 Å². The first-order valence-electron chi connectivity index (χ1n) is 9.90. The molecule has 0 saturated carbocycles. The molecule has 152 valence electrons. The van der Waals surface area contributed by atoms with Gasteiger partial charge in [0.05, 0.1) is 37.8 Å². The molecule has 29 heavy (non-hydrogen) atoms. The number of Topliss-reactive ketones (excluding diaryl/α,β-unsaturated/α-hetero) is 1. The van der Waals surface area contributed by atoms with Gasteiger partial charge in [-0.2, -0.15) is 0 Å². The van der Waals surface area contributed by atoms with Gasteiger partial charge in [0.2, 0.25) is 0 Å². The second-order valence-electron chi connectivity index (χ2n) is 7.12. The summed E-state index contributed by atoms with van der Waals surface area (Å²) in [5.74, 6) is -1.38. The number of rotatable bonds is 7. The number of nitrogens with zero attached hydrogens (tertiary/aromatic N) is 1. The summed E-state index contributed by atoms with van der Waals surface area (Å²) in [7, 11) is 0. The number of hydrogen-bond acceptors (Lipinski definition) is 3. The van der Waals surface area contributed by atoms with Crippen LogP contribution < -0.4 is 4.90 Å². The van der Waals surface area contributed by atoms with Crippen molar-refractivity contribution in [3.8, 4) is 0 Å². The lowest BCUT2D eigenvalue weighted by atomic mass is 9.95. The van der Waals surface area contributed by atoms with E-state index in [0.717, 1.165) is 25.2 Å². The summed E-state index contributed by atoms with van der Waals surface area (Å²) in [5.41, 5.74) is 1.39. The number of benzene rings is 2.